The van der Waals surface area contributed by atoms with Gasteiger partial charge in [0.1, 0.15) is 0 Å². The van der Waals surface area contributed by atoms with E-state index in [0.29, 0.717) is 6.04 Å². The highest BCUT2D eigenvalue weighted by Crippen LogP contribution is 1.91. The Labute approximate surface area is 66.2 Å². The van der Waals surface area contributed by atoms with Crippen molar-refractivity contribution in [2.24, 2.45) is 5.73 Å². The fraction of sp³-hybridized carbons (Fsp3) is 1.00. The van der Waals surface area contributed by atoms with E-state index < -0.39 is 0 Å². The summed E-state index contributed by atoms with van der Waals surface area (Å²) in [5.74, 6) is 0. The maximum absolute atomic E-state index is 5.58. The first-order chi connectivity index (χ1) is 4.81. The molecule has 0 aromatic carbocycles. The predicted molar refractivity (Wildman–Crippen MR) is 48.2 cm³/mol. The van der Waals surface area contributed by atoms with Crippen molar-refractivity contribution in [2.75, 3.05) is 13.7 Å². The van der Waals surface area contributed by atoms with Crippen molar-refractivity contribution in [2.45, 2.75) is 39.7 Å². The van der Waals surface area contributed by atoms with E-state index in [2.05, 4.69) is 6.92 Å². The molecule has 0 aromatic rings. The predicted octanol–water partition coefficient (Wildman–Crippen LogP) is 2.03. The van der Waals surface area contributed by atoms with Crippen LogP contribution in [0.4, 0.5) is 0 Å². The second kappa shape index (κ2) is 11.7. The average molecular weight is 149 g/mol. The lowest BCUT2D eigenvalue weighted by molar-refractivity contribution is 0.187. The molecule has 66 valence electrons. The molecule has 0 radical (unpaired) electrons. The van der Waals surface area contributed by atoms with Crippen molar-refractivity contribution in [1.82, 2.24) is 0 Å². The molecule has 0 aliphatic rings. The maximum Gasteiger partial charge on any atom is 0.0477 e. The number of rotatable bonds is 4. The molecule has 1 atom stereocenters. The summed E-state index contributed by atoms with van der Waals surface area (Å²) in [6.07, 6.45) is 2.02. The number of hydrogen-bond acceptors (Lipinski definition) is 2. The van der Waals surface area contributed by atoms with E-state index in [1.807, 2.05) is 13.8 Å². The van der Waals surface area contributed by atoms with E-state index in [1.165, 1.54) is 0 Å². The van der Waals surface area contributed by atoms with Gasteiger partial charge in [0.25, 0.3) is 0 Å². The van der Waals surface area contributed by atoms with Crippen LogP contribution in [0.5, 0.6) is 0 Å². The molecule has 0 saturated carbocycles. The Hall–Kier alpha value is -0.0800. The first-order valence-electron chi connectivity index (χ1n) is 4.05. The minimum absolute atomic E-state index is 0. The van der Waals surface area contributed by atoms with Crippen LogP contribution in [0.25, 0.3) is 0 Å². The van der Waals surface area contributed by atoms with Crippen LogP contribution in [0.15, 0.2) is 0 Å². The van der Waals surface area contributed by atoms with Gasteiger partial charge in [-0.3, -0.25) is 0 Å². The number of methoxy groups -OCH3 is 1. The molecule has 0 spiro atoms. The topological polar surface area (TPSA) is 35.2 Å². The third-order valence-electron chi connectivity index (χ3n) is 1.22. The van der Waals surface area contributed by atoms with Crippen LogP contribution in [0, 0.1) is 0 Å². The van der Waals surface area contributed by atoms with Crippen LogP contribution >= 0.6 is 0 Å². The highest BCUT2D eigenvalue weighted by molar-refractivity contribution is 4.55. The number of nitrogens with two attached hydrogens (primary N) is 1. The standard InChI is InChI=1S/C6H15NO.C2H6.H2/c1-3-6(7)4-5-8-2;1-2;/h6H,3-5,7H2,1-2H3;1-2H3;1H. The molecule has 10 heavy (non-hydrogen) atoms. The van der Waals surface area contributed by atoms with Gasteiger partial charge in [-0.1, -0.05) is 20.8 Å². The fourth-order valence-electron chi connectivity index (χ4n) is 0.473. The summed E-state index contributed by atoms with van der Waals surface area (Å²) in [7, 11) is 1.70. The first kappa shape index (κ1) is 12.6. The summed E-state index contributed by atoms with van der Waals surface area (Å²) in [5, 5.41) is 0. The largest absolute Gasteiger partial charge is 0.385 e. The molecule has 0 rings (SSSR count). The van der Waals surface area contributed by atoms with E-state index in [-0.39, 0.29) is 1.43 Å². The third kappa shape index (κ3) is 10.8. The molecule has 2 nitrogen and oxygen atoms in total. The molecule has 0 aromatic heterocycles. The molecular formula is C8H23NO. The molecule has 0 amide bonds. The van der Waals surface area contributed by atoms with Crippen molar-refractivity contribution in [3.8, 4) is 0 Å². The highest BCUT2D eigenvalue weighted by Gasteiger charge is 1.95. The molecule has 0 aliphatic heterocycles. The summed E-state index contributed by atoms with van der Waals surface area (Å²) in [6.45, 7) is 6.87. The summed E-state index contributed by atoms with van der Waals surface area (Å²) >= 11 is 0. The second-order valence-electron chi connectivity index (χ2n) is 1.95. The van der Waals surface area contributed by atoms with E-state index in [1.54, 1.807) is 7.11 Å². The third-order valence-corrected chi connectivity index (χ3v) is 1.22. The lowest BCUT2D eigenvalue weighted by Gasteiger charge is -2.05. The van der Waals surface area contributed by atoms with Gasteiger partial charge < -0.3 is 10.5 Å². The van der Waals surface area contributed by atoms with Gasteiger partial charge >= 0.3 is 0 Å². The van der Waals surface area contributed by atoms with Gasteiger partial charge in [0, 0.05) is 21.2 Å². The van der Waals surface area contributed by atoms with Gasteiger partial charge in [-0.15, -0.1) is 0 Å². The smallest absolute Gasteiger partial charge is 0.0477 e. The molecule has 0 aliphatic carbocycles. The van der Waals surface area contributed by atoms with Crippen LogP contribution in [-0.4, -0.2) is 19.8 Å². The van der Waals surface area contributed by atoms with E-state index in [0.717, 1.165) is 19.4 Å². The van der Waals surface area contributed by atoms with Crippen LogP contribution in [0.3, 0.4) is 0 Å². The maximum atomic E-state index is 5.58. The Kier molecular flexibility index (Phi) is 14.7. The summed E-state index contributed by atoms with van der Waals surface area (Å²) < 4.78 is 4.83. The molecule has 1 unspecified atom stereocenters. The van der Waals surface area contributed by atoms with Gasteiger partial charge in [-0.25, -0.2) is 0 Å². The van der Waals surface area contributed by atoms with E-state index in [4.69, 9.17) is 10.5 Å². The van der Waals surface area contributed by atoms with Crippen molar-refractivity contribution in [3.63, 3.8) is 0 Å². The molecule has 0 fully saturated rings. The molecule has 0 bridgehead atoms. The number of ether oxygens (including phenoxy) is 1. The molecule has 0 saturated heterocycles. The normalized spacial score (nSPS) is 11.7. The summed E-state index contributed by atoms with van der Waals surface area (Å²) in [6, 6.07) is 0.329. The van der Waals surface area contributed by atoms with Crippen molar-refractivity contribution >= 4 is 0 Å². The van der Waals surface area contributed by atoms with E-state index >= 15 is 0 Å². The van der Waals surface area contributed by atoms with Crippen LogP contribution in [-0.2, 0) is 4.74 Å². The average Bonchev–Trinajstić information content (AvgIpc) is 2.04. The lowest BCUT2D eigenvalue weighted by atomic mass is 10.2. The highest BCUT2D eigenvalue weighted by atomic mass is 16.5. The van der Waals surface area contributed by atoms with Crippen molar-refractivity contribution in [3.05, 3.63) is 0 Å². The van der Waals surface area contributed by atoms with Gasteiger partial charge in [0.2, 0.25) is 0 Å². The first-order valence-corrected chi connectivity index (χ1v) is 4.05. The molecular weight excluding hydrogens is 126 g/mol. The number of hydrogen-bond donors (Lipinski definition) is 1. The Balaban J connectivity index is -0.000000196. The van der Waals surface area contributed by atoms with Gasteiger partial charge in [-0.05, 0) is 12.8 Å². The Morgan fingerprint density at radius 3 is 2.30 bits per heavy atom. The quantitative estimate of drug-likeness (QED) is 0.664. The van der Waals surface area contributed by atoms with Gasteiger partial charge in [0.15, 0.2) is 0 Å². The zero-order chi connectivity index (χ0) is 8.41. The van der Waals surface area contributed by atoms with Crippen LogP contribution in [0.1, 0.15) is 35.0 Å². The summed E-state index contributed by atoms with van der Waals surface area (Å²) in [4.78, 5) is 0. The zero-order valence-corrected chi connectivity index (χ0v) is 7.68. The Morgan fingerprint density at radius 1 is 1.50 bits per heavy atom. The van der Waals surface area contributed by atoms with Crippen LogP contribution < -0.4 is 5.73 Å². The monoisotopic (exact) mass is 149 g/mol. The second-order valence-corrected chi connectivity index (χ2v) is 1.95. The Bertz CT molecular complexity index is 53.4. The summed E-state index contributed by atoms with van der Waals surface area (Å²) in [5.41, 5.74) is 5.58. The fourth-order valence-corrected chi connectivity index (χ4v) is 0.473. The minimum Gasteiger partial charge on any atom is -0.385 e. The van der Waals surface area contributed by atoms with Crippen molar-refractivity contribution < 1.29 is 6.16 Å². The SMILES string of the molecule is CC.CCC(N)CCOC.[HH]. The molecule has 2 heteroatoms. The Morgan fingerprint density at radius 2 is 2.00 bits per heavy atom. The molecule has 2 N–H and O–H groups in total. The van der Waals surface area contributed by atoms with Gasteiger partial charge in [-0.2, -0.15) is 0 Å². The van der Waals surface area contributed by atoms with Crippen LogP contribution in [0.2, 0.25) is 0 Å². The molecule has 0 heterocycles. The van der Waals surface area contributed by atoms with Gasteiger partial charge in [0.05, 0.1) is 0 Å². The van der Waals surface area contributed by atoms with Crippen molar-refractivity contribution in [1.29, 1.82) is 0 Å². The van der Waals surface area contributed by atoms with E-state index in [9.17, 15) is 0 Å². The minimum atomic E-state index is 0. The lowest BCUT2D eigenvalue weighted by Crippen LogP contribution is -2.20. The zero-order valence-electron chi connectivity index (χ0n) is 7.68.